The minimum atomic E-state index is 0.126. The highest BCUT2D eigenvalue weighted by molar-refractivity contribution is 5.79. The van der Waals surface area contributed by atoms with Gasteiger partial charge < -0.3 is 10.4 Å². The minimum Gasteiger partial charge on any atom is -0.508 e. The summed E-state index contributed by atoms with van der Waals surface area (Å²) in [6, 6.07) is 7.15. The SMILES string of the molecule is CC1(C)CCCC[C@@H]1C(=O)NCCc1ccc(O)cc1. The molecular weight excluding hydrogens is 250 g/mol. The van der Waals surface area contributed by atoms with Gasteiger partial charge in [0.2, 0.25) is 5.91 Å². The molecule has 1 aliphatic rings. The van der Waals surface area contributed by atoms with Gasteiger partial charge in [-0.05, 0) is 42.4 Å². The van der Waals surface area contributed by atoms with Crippen molar-refractivity contribution in [2.75, 3.05) is 6.54 Å². The number of amides is 1. The predicted octanol–water partition coefficient (Wildman–Crippen LogP) is 3.27. The summed E-state index contributed by atoms with van der Waals surface area (Å²) >= 11 is 0. The van der Waals surface area contributed by atoms with Crippen molar-refractivity contribution in [1.29, 1.82) is 0 Å². The number of nitrogens with one attached hydrogen (secondary N) is 1. The molecule has 1 aromatic rings. The van der Waals surface area contributed by atoms with Crippen LogP contribution >= 0.6 is 0 Å². The number of phenols is 1. The van der Waals surface area contributed by atoms with Gasteiger partial charge in [0, 0.05) is 12.5 Å². The Hall–Kier alpha value is -1.51. The molecule has 20 heavy (non-hydrogen) atoms. The van der Waals surface area contributed by atoms with Gasteiger partial charge in [-0.25, -0.2) is 0 Å². The Bertz CT molecular complexity index is 451. The van der Waals surface area contributed by atoms with E-state index < -0.39 is 0 Å². The van der Waals surface area contributed by atoms with Crippen LogP contribution in [0, 0.1) is 11.3 Å². The molecule has 3 heteroatoms. The number of hydrogen-bond donors (Lipinski definition) is 2. The van der Waals surface area contributed by atoms with Crippen molar-refractivity contribution in [3.05, 3.63) is 29.8 Å². The molecule has 110 valence electrons. The number of carbonyl (C=O) groups is 1. The van der Waals surface area contributed by atoms with Crippen LogP contribution in [0.5, 0.6) is 5.75 Å². The van der Waals surface area contributed by atoms with Gasteiger partial charge in [0.1, 0.15) is 5.75 Å². The van der Waals surface area contributed by atoms with Crippen molar-refractivity contribution in [1.82, 2.24) is 5.32 Å². The summed E-state index contributed by atoms with van der Waals surface area (Å²) in [6.07, 6.45) is 5.37. The Balaban J connectivity index is 1.81. The van der Waals surface area contributed by atoms with Crippen LogP contribution in [0.2, 0.25) is 0 Å². The standard InChI is InChI=1S/C17H25NO2/c1-17(2)11-4-3-5-15(17)16(20)18-12-10-13-6-8-14(19)9-7-13/h6-9,15,19H,3-5,10-12H2,1-2H3,(H,18,20)/t15-/m1/s1. The van der Waals surface area contributed by atoms with Crippen molar-refractivity contribution >= 4 is 5.91 Å². The zero-order valence-electron chi connectivity index (χ0n) is 12.5. The Labute approximate surface area is 121 Å². The van der Waals surface area contributed by atoms with E-state index in [0.717, 1.165) is 24.8 Å². The van der Waals surface area contributed by atoms with Crippen molar-refractivity contribution in [2.45, 2.75) is 46.0 Å². The second-order valence-electron chi connectivity index (χ2n) is 6.49. The van der Waals surface area contributed by atoms with Crippen LogP contribution in [0.25, 0.3) is 0 Å². The lowest BCUT2D eigenvalue weighted by Gasteiger charge is -2.37. The van der Waals surface area contributed by atoms with E-state index in [1.165, 1.54) is 12.8 Å². The van der Waals surface area contributed by atoms with Gasteiger partial charge in [-0.1, -0.05) is 38.8 Å². The molecule has 0 radical (unpaired) electrons. The van der Waals surface area contributed by atoms with Gasteiger partial charge in [-0.3, -0.25) is 4.79 Å². The number of benzene rings is 1. The van der Waals surface area contributed by atoms with E-state index in [2.05, 4.69) is 19.2 Å². The van der Waals surface area contributed by atoms with E-state index in [4.69, 9.17) is 0 Å². The van der Waals surface area contributed by atoms with E-state index in [-0.39, 0.29) is 23.0 Å². The number of carbonyl (C=O) groups excluding carboxylic acids is 1. The topological polar surface area (TPSA) is 49.3 Å². The van der Waals surface area contributed by atoms with Crippen LogP contribution in [0.4, 0.5) is 0 Å². The fraction of sp³-hybridized carbons (Fsp3) is 0.588. The van der Waals surface area contributed by atoms with E-state index >= 15 is 0 Å². The van der Waals surface area contributed by atoms with Gasteiger partial charge in [-0.2, -0.15) is 0 Å². The fourth-order valence-electron chi connectivity index (χ4n) is 3.10. The molecule has 1 atom stereocenters. The molecule has 3 nitrogen and oxygen atoms in total. The van der Waals surface area contributed by atoms with Crippen molar-refractivity contribution in [2.24, 2.45) is 11.3 Å². The number of rotatable bonds is 4. The molecule has 0 unspecified atom stereocenters. The van der Waals surface area contributed by atoms with E-state index in [0.29, 0.717) is 6.54 Å². The summed E-state index contributed by atoms with van der Waals surface area (Å²) in [6.45, 7) is 5.07. The lowest BCUT2D eigenvalue weighted by Crippen LogP contribution is -2.41. The summed E-state index contributed by atoms with van der Waals surface area (Å²) in [4.78, 5) is 12.3. The lowest BCUT2D eigenvalue weighted by molar-refractivity contribution is -0.130. The summed E-state index contributed by atoms with van der Waals surface area (Å²) in [5, 5.41) is 12.3. The molecule has 0 aliphatic heterocycles. The first-order valence-corrected chi connectivity index (χ1v) is 7.55. The Morgan fingerprint density at radius 1 is 1.30 bits per heavy atom. The van der Waals surface area contributed by atoms with Gasteiger partial charge >= 0.3 is 0 Å². The monoisotopic (exact) mass is 275 g/mol. The second kappa shape index (κ2) is 6.29. The van der Waals surface area contributed by atoms with Crippen LogP contribution in [0.3, 0.4) is 0 Å². The van der Waals surface area contributed by atoms with E-state index in [9.17, 15) is 9.90 Å². The molecular formula is C17H25NO2. The highest BCUT2D eigenvalue weighted by Crippen LogP contribution is 2.40. The normalized spacial score (nSPS) is 21.4. The summed E-state index contributed by atoms with van der Waals surface area (Å²) in [5.41, 5.74) is 1.26. The Kier molecular flexibility index (Phi) is 4.69. The first kappa shape index (κ1) is 14.9. The van der Waals surface area contributed by atoms with Gasteiger partial charge in [0.05, 0.1) is 0 Å². The molecule has 1 fully saturated rings. The average molecular weight is 275 g/mol. The van der Waals surface area contributed by atoms with Crippen LogP contribution < -0.4 is 5.32 Å². The lowest BCUT2D eigenvalue weighted by atomic mass is 9.68. The Morgan fingerprint density at radius 2 is 2.00 bits per heavy atom. The Morgan fingerprint density at radius 3 is 2.65 bits per heavy atom. The maximum absolute atomic E-state index is 12.3. The van der Waals surface area contributed by atoms with Gasteiger partial charge in [0.15, 0.2) is 0 Å². The summed E-state index contributed by atoms with van der Waals surface area (Å²) in [5.74, 6) is 0.631. The third-order valence-electron chi connectivity index (χ3n) is 4.47. The molecule has 0 spiro atoms. The maximum atomic E-state index is 12.3. The quantitative estimate of drug-likeness (QED) is 0.886. The third kappa shape index (κ3) is 3.75. The van der Waals surface area contributed by atoms with Gasteiger partial charge in [-0.15, -0.1) is 0 Å². The van der Waals surface area contributed by atoms with E-state index in [1.54, 1.807) is 12.1 Å². The molecule has 1 amide bonds. The van der Waals surface area contributed by atoms with E-state index in [1.807, 2.05) is 12.1 Å². The molecule has 2 rings (SSSR count). The van der Waals surface area contributed by atoms with Crippen LogP contribution in [0.15, 0.2) is 24.3 Å². The first-order valence-electron chi connectivity index (χ1n) is 7.55. The van der Waals surface area contributed by atoms with Gasteiger partial charge in [0.25, 0.3) is 0 Å². The van der Waals surface area contributed by atoms with Crippen molar-refractivity contribution < 1.29 is 9.90 Å². The highest BCUT2D eigenvalue weighted by Gasteiger charge is 2.36. The third-order valence-corrected chi connectivity index (χ3v) is 4.47. The van der Waals surface area contributed by atoms with Crippen molar-refractivity contribution in [3.63, 3.8) is 0 Å². The highest BCUT2D eigenvalue weighted by atomic mass is 16.3. The summed E-state index contributed by atoms with van der Waals surface area (Å²) in [7, 11) is 0. The number of aromatic hydroxyl groups is 1. The molecule has 1 saturated carbocycles. The second-order valence-corrected chi connectivity index (χ2v) is 6.49. The minimum absolute atomic E-state index is 0.126. The zero-order valence-corrected chi connectivity index (χ0v) is 12.5. The number of hydrogen-bond acceptors (Lipinski definition) is 2. The van der Waals surface area contributed by atoms with Crippen LogP contribution in [-0.2, 0) is 11.2 Å². The largest absolute Gasteiger partial charge is 0.508 e. The molecule has 0 aromatic heterocycles. The molecule has 1 aliphatic carbocycles. The zero-order chi connectivity index (χ0) is 14.6. The van der Waals surface area contributed by atoms with Crippen molar-refractivity contribution in [3.8, 4) is 5.75 Å². The summed E-state index contributed by atoms with van der Waals surface area (Å²) < 4.78 is 0. The smallest absolute Gasteiger partial charge is 0.223 e. The molecule has 2 N–H and O–H groups in total. The fourth-order valence-corrected chi connectivity index (χ4v) is 3.10. The molecule has 0 heterocycles. The van der Waals surface area contributed by atoms with Crippen LogP contribution in [0.1, 0.15) is 45.1 Å². The molecule has 0 saturated heterocycles. The number of phenolic OH excluding ortho intramolecular Hbond substituents is 1. The maximum Gasteiger partial charge on any atom is 0.223 e. The van der Waals surface area contributed by atoms with Crippen LogP contribution in [-0.4, -0.2) is 17.6 Å². The molecule has 1 aromatic carbocycles. The average Bonchev–Trinajstić information content (AvgIpc) is 2.40. The molecule has 0 bridgehead atoms. The predicted molar refractivity (Wildman–Crippen MR) is 80.6 cm³/mol. The first-order chi connectivity index (χ1) is 9.49.